The first kappa shape index (κ1) is 10.0. The second-order valence-corrected chi connectivity index (χ2v) is 4.01. The molecule has 5 heteroatoms. The third-order valence-corrected chi connectivity index (χ3v) is 2.38. The van der Waals surface area contributed by atoms with Crippen molar-refractivity contribution in [1.82, 2.24) is 9.78 Å². The average molecular weight is 266 g/mol. The van der Waals surface area contributed by atoms with Crippen molar-refractivity contribution in [3.05, 3.63) is 47.0 Å². The van der Waals surface area contributed by atoms with E-state index in [1.54, 1.807) is 28.2 Å². The monoisotopic (exact) mass is 265 g/mol. The number of hydrogen-bond acceptors (Lipinski definition) is 2. The van der Waals surface area contributed by atoms with Crippen molar-refractivity contribution < 1.29 is 4.68 Å². The Kier molecular flexibility index (Phi) is 2.91. The van der Waals surface area contributed by atoms with Gasteiger partial charge in [-0.05, 0) is 17.7 Å². The molecule has 0 radical (unpaired) electrons. The first-order chi connectivity index (χ1) is 7.24. The van der Waals surface area contributed by atoms with E-state index in [4.69, 9.17) is 0 Å². The summed E-state index contributed by atoms with van der Waals surface area (Å²) in [6, 6.07) is 7.94. The third-order valence-electron chi connectivity index (χ3n) is 1.85. The van der Waals surface area contributed by atoms with Crippen molar-refractivity contribution in [3.8, 4) is 0 Å². The van der Waals surface area contributed by atoms with Crippen LogP contribution in [-0.2, 0) is 7.05 Å². The topological polar surface area (TPSA) is 34.1 Å². The van der Waals surface area contributed by atoms with Gasteiger partial charge in [0.15, 0.2) is 0 Å². The second kappa shape index (κ2) is 4.35. The van der Waals surface area contributed by atoms with E-state index < -0.39 is 0 Å². The molecule has 0 aliphatic rings. The van der Waals surface area contributed by atoms with Gasteiger partial charge in [-0.2, -0.15) is 0 Å². The normalized spacial score (nSPS) is 11.1. The Labute approximate surface area is 96.0 Å². The van der Waals surface area contributed by atoms with Crippen LogP contribution >= 0.6 is 15.9 Å². The maximum atomic E-state index is 4.22. The molecule has 0 bridgehead atoms. The van der Waals surface area contributed by atoms with Crippen LogP contribution in [0.4, 0.5) is 0 Å². The molecule has 2 rings (SSSR count). The molecular formula is C10H10BrN4+. The van der Waals surface area contributed by atoms with Crippen molar-refractivity contribution in [3.63, 3.8) is 0 Å². The molecule has 0 amide bonds. The number of benzene rings is 1. The van der Waals surface area contributed by atoms with Gasteiger partial charge < -0.3 is 0 Å². The number of nitrogens with zero attached hydrogens (tertiary/aromatic N) is 4. The number of aryl methyl sites for hydroxylation is 1. The quantitative estimate of drug-likeness (QED) is 0.596. The van der Waals surface area contributed by atoms with Crippen LogP contribution in [0.1, 0.15) is 5.56 Å². The van der Waals surface area contributed by atoms with Gasteiger partial charge in [-0.15, -0.1) is 14.5 Å². The van der Waals surface area contributed by atoms with Crippen molar-refractivity contribution in [2.24, 2.45) is 12.1 Å². The van der Waals surface area contributed by atoms with Gasteiger partial charge in [-0.3, -0.25) is 0 Å². The fourth-order valence-electron chi connectivity index (χ4n) is 1.11. The Morgan fingerprint density at radius 1 is 1.40 bits per heavy atom. The Hall–Kier alpha value is -1.49. The summed E-state index contributed by atoms with van der Waals surface area (Å²) in [6.45, 7) is 0. The third kappa shape index (κ3) is 2.73. The summed E-state index contributed by atoms with van der Waals surface area (Å²) >= 11 is 3.38. The molecule has 4 nitrogen and oxygen atoms in total. The first-order valence-corrected chi connectivity index (χ1v) is 5.23. The maximum Gasteiger partial charge on any atom is 0.288 e. The minimum absolute atomic E-state index is 1.05. The van der Waals surface area contributed by atoms with E-state index in [0.29, 0.717) is 0 Å². The Balaban J connectivity index is 2.14. The molecular weight excluding hydrogens is 256 g/mol. The molecule has 0 aliphatic heterocycles. The zero-order valence-corrected chi connectivity index (χ0v) is 9.79. The van der Waals surface area contributed by atoms with Crippen LogP contribution in [0.5, 0.6) is 0 Å². The number of rotatable bonds is 2. The van der Waals surface area contributed by atoms with E-state index >= 15 is 0 Å². The van der Waals surface area contributed by atoms with E-state index in [9.17, 15) is 0 Å². The summed E-state index contributed by atoms with van der Waals surface area (Å²) < 4.78 is 4.41. The molecule has 0 saturated heterocycles. The highest BCUT2D eigenvalue weighted by Gasteiger charge is 1.97. The van der Waals surface area contributed by atoms with Crippen LogP contribution in [0.2, 0.25) is 0 Å². The van der Waals surface area contributed by atoms with Gasteiger partial charge >= 0.3 is 0 Å². The Morgan fingerprint density at radius 2 is 2.13 bits per heavy atom. The first-order valence-electron chi connectivity index (χ1n) is 4.44. The molecule has 0 spiro atoms. The fourth-order valence-corrected chi connectivity index (χ4v) is 1.37. The zero-order valence-electron chi connectivity index (χ0n) is 8.21. The van der Waals surface area contributed by atoms with Gasteiger partial charge in [0.05, 0.1) is 13.3 Å². The molecule has 0 aliphatic carbocycles. The zero-order chi connectivity index (χ0) is 10.7. The van der Waals surface area contributed by atoms with E-state index in [1.165, 1.54) is 0 Å². The number of aromatic nitrogens is 3. The minimum Gasteiger partial charge on any atom is -0.116 e. The predicted molar refractivity (Wildman–Crippen MR) is 60.5 cm³/mol. The Morgan fingerprint density at radius 3 is 2.73 bits per heavy atom. The molecule has 2 aromatic rings. The summed E-state index contributed by atoms with van der Waals surface area (Å²) in [4.78, 5) is 0. The number of hydrogen-bond donors (Lipinski definition) is 0. The minimum atomic E-state index is 1.05. The van der Waals surface area contributed by atoms with Crippen molar-refractivity contribution in [1.29, 1.82) is 0 Å². The molecule has 1 aromatic heterocycles. The van der Waals surface area contributed by atoms with Crippen molar-refractivity contribution in [2.45, 2.75) is 0 Å². The fraction of sp³-hybridized carbons (Fsp3) is 0.100. The lowest BCUT2D eigenvalue weighted by molar-refractivity contribution is -0.679. The van der Waals surface area contributed by atoms with Crippen LogP contribution < -0.4 is 4.68 Å². The number of halogens is 1. The van der Waals surface area contributed by atoms with Gasteiger partial charge in [0.25, 0.3) is 6.33 Å². The van der Waals surface area contributed by atoms with Crippen LogP contribution in [0.25, 0.3) is 0 Å². The van der Waals surface area contributed by atoms with Crippen LogP contribution in [0.3, 0.4) is 0 Å². The average Bonchev–Trinajstić information content (AvgIpc) is 2.64. The summed E-state index contributed by atoms with van der Waals surface area (Å²) in [5.74, 6) is 0. The second-order valence-electron chi connectivity index (χ2n) is 3.10. The van der Waals surface area contributed by atoms with E-state index in [0.717, 1.165) is 10.0 Å². The highest BCUT2D eigenvalue weighted by molar-refractivity contribution is 9.10. The van der Waals surface area contributed by atoms with Gasteiger partial charge in [0.1, 0.15) is 0 Å². The molecule has 0 unspecified atom stereocenters. The SMILES string of the molecule is Cn1c[n+](/N=C\c2ccc(Br)cc2)cn1. The lowest BCUT2D eigenvalue weighted by Gasteiger charge is -1.91. The standard InChI is InChI=1S/C10H10BrN4/c1-14-8-15(7-13-14)12-6-9-2-4-10(11)5-3-9/h2-8H,1H3/q+1/b12-6-. The molecule has 15 heavy (non-hydrogen) atoms. The Bertz CT molecular complexity index is 472. The van der Waals surface area contributed by atoms with Gasteiger partial charge in [0, 0.05) is 9.57 Å². The van der Waals surface area contributed by atoms with Crippen LogP contribution in [0, 0.1) is 0 Å². The summed E-state index contributed by atoms with van der Waals surface area (Å²) in [5.41, 5.74) is 1.05. The lowest BCUT2D eigenvalue weighted by Crippen LogP contribution is -2.24. The molecule has 0 atom stereocenters. The smallest absolute Gasteiger partial charge is 0.116 e. The molecule has 1 aromatic carbocycles. The lowest BCUT2D eigenvalue weighted by atomic mass is 10.2. The maximum absolute atomic E-state index is 4.22. The molecule has 76 valence electrons. The van der Waals surface area contributed by atoms with Gasteiger partial charge in [0.2, 0.25) is 6.33 Å². The van der Waals surface area contributed by atoms with Crippen LogP contribution in [-0.4, -0.2) is 16.0 Å². The molecule has 0 fully saturated rings. The molecule has 0 saturated carbocycles. The van der Waals surface area contributed by atoms with E-state index in [-0.39, 0.29) is 0 Å². The van der Waals surface area contributed by atoms with E-state index in [2.05, 4.69) is 26.1 Å². The van der Waals surface area contributed by atoms with Gasteiger partial charge in [-0.25, -0.2) is 0 Å². The predicted octanol–water partition coefficient (Wildman–Crippen LogP) is 1.35. The largest absolute Gasteiger partial charge is 0.288 e. The summed E-state index contributed by atoms with van der Waals surface area (Å²) in [5, 5.41) is 8.22. The van der Waals surface area contributed by atoms with E-state index in [1.807, 2.05) is 31.3 Å². The van der Waals surface area contributed by atoms with Crippen molar-refractivity contribution in [2.75, 3.05) is 0 Å². The summed E-state index contributed by atoms with van der Waals surface area (Å²) in [6.07, 6.45) is 5.22. The highest BCUT2D eigenvalue weighted by Crippen LogP contribution is 2.08. The van der Waals surface area contributed by atoms with Crippen molar-refractivity contribution >= 4 is 22.1 Å². The van der Waals surface area contributed by atoms with Gasteiger partial charge in [-0.1, -0.05) is 28.1 Å². The summed E-state index contributed by atoms with van der Waals surface area (Å²) in [7, 11) is 1.85. The highest BCUT2D eigenvalue weighted by atomic mass is 79.9. The molecule has 0 N–H and O–H groups in total. The van der Waals surface area contributed by atoms with Crippen LogP contribution in [0.15, 0.2) is 46.5 Å². The molecule has 1 heterocycles.